The number of methoxy groups -OCH3 is 1. The smallest absolute Gasteiger partial charge is 0.271 e. The molecule has 1 N–H and O–H groups in total. The number of ether oxygens (including phenoxy) is 1. The molecule has 0 saturated carbocycles. The van der Waals surface area contributed by atoms with E-state index in [2.05, 4.69) is 19.9 Å². The lowest BCUT2D eigenvalue weighted by atomic mass is 10.1. The van der Waals surface area contributed by atoms with E-state index in [1.165, 1.54) is 11.3 Å². The summed E-state index contributed by atoms with van der Waals surface area (Å²) < 4.78 is 7.14. The summed E-state index contributed by atoms with van der Waals surface area (Å²) in [5.41, 5.74) is 1.50. The Balaban J connectivity index is 1.62. The molecule has 0 aliphatic carbocycles. The molecule has 21 heavy (non-hydrogen) atoms. The van der Waals surface area contributed by atoms with Gasteiger partial charge < -0.3 is 14.6 Å². The Hall–Kier alpha value is -1.73. The zero-order chi connectivity index (χ0) is 14.8. The molecule has 2 aromatic heterocycles. The zero-order valence-electron chi connectivity index (χ0n) is 12.1. The lowest BCUT2D eigenvalue weighted by molar-refractivity contribution is 0.0922. The van der Waals surface area contributed by atoms with Crippen molar-refractivity contribution in [1.82, 2.24) is 19.9 Å². The van der Waals surface area contributed by atoms with Crippen molar-refractivity contribution < 1.29 is 9.53 Å². The molecule has 1 aliphatic heterocycles. The fraction of sp³-hybridized carbons (Fsp3) is 0.500. The van der Waals surface area contributed by atoms with Gasteiger partial charge >= 0.3 is 0 Å². The molecule has 1 unspecified atom stereocenters. The number of fused-ring (bicyclic) bond motifs is 1. The zero-order valence-corrected chi connectivity index (χ0v) is 12.9. The van der Waals surface area contributed by atoms with E-state index in [0.29, 0.717) is 12.3 Å². The van der Waals surface area contributed by atoms with Gasteiger partial charge in [-0.2, -0.15) is 0 Å². The van der Waals surface area contributed by atoms with Gasteiger partial charge in [-0.15, -0.1) is 11.3 Å². The average molecular weight is 306 g/mol. The minimum atomic E-state index is -0.112. The number of carbonyl (C=O) groups excluding carboxylic acids is 1. The normalized spacial score (nSPS) is 17.5. The fourth-order valence-electron chi connectivity index (χ4n) is 2.57. The molecule has 0 bridgehead atoms. The molecular formula is C14H18N4O2S. The van der Waals surface area contributed by atoms with E-state index < -0.39 is 0 Å². The summed E-state index contributed by atoms with van der Waals surface area (Å²) in [5.74, 6) is 0.993. The summed E-state index contributed by atoms with van der Waals surface area (Å²) >= 11 is 1.44. The van der Waals surface area contributed by atoms with Crippen molar-refractivity contribution in [1.29, 1.82) is 0 Å². The van der Waals surface area contributed by atoms with Gasteiger partial charge in [-0.3, -0.25) is 4.79 Å². The van der Waals surface area contributed by atoms with Crippen LogP contribution in [0.3, 0.4) is 0 Å². The first kappa shape index (κ1) is 14.2. The number of aromatic nitrogens is 3. The molecule has 3 heterocycles. The fourth-order valence-corrected chi connectivity index (χ4v) is 3.31. The first-order valence-electron chi connectivity index (χ1n) is 6.92. The molecule has 0 saturated heterocycles. The van der Waals surface area contributed by atoms with Crippen molar-refractivity contribution in [3.05, 3.63) is 33.8 Å². The number of rotatable bonds is 4. The summed E-state index contributed by atoms with van der Waals surface area (Å²) in [7, 11) is 1.62. The molecule has 2 aromatic rings. The molecule has 3 rings (SSSR count). The number of imidazole rings is 1. The average Bonchev–Trinajstić information content (AvgIpc) is 3.04. The van der Waals surface area contributed by atoms with Gasteiger partial charge in [-0.1, -0.05) is 0 Å². The maximum atomic E-state index is 12.2. The van der Waals surface area contributed by atoms with E-state index in [4.69, 9.17) is 4.74 Å². The van der Waals surface area contributed by atoms with Gasteiger partial charge in [0.1, 0.15) is 16.5 Å². The SMILES string of the molecule is COCc1nc(C(=O)NC2CCc3nc(C)cn3C2)cs1. The number of nitrogens with one attached hydrogen (secondary N) is 1. The van der Waals surface area contributed by atoms with Crippen LogP contribution in [-0.4, -0.2) is 33.6 Å². The van der Waals surface area contributed by atoms with E-state index in [9.17, 15) is 4.79 Å². The van der Waals surface area contributed by atoms with Gasteiger partial charge in [0, 0.05) is 37.7 Å². The number of hydrogen-bond donors (Lipinski definition) is 1. The summed E-state index contributed by atoms with van der Waals surface area (Å²) in [6.45, 7) is 3.21. The monoisotopic (exact) mass is 306 g/mol. The van der Waals surface area contributed by atoms with E-state index in [1.807, 2.05) is 13.1 Å². The minimum absolute atomic E-state index is 0.112. The van der Waals surface area contributed by atoms with Crippen LogP contribution in [0.5, 0.6) is 0 Å². The van der Waals surface area contributed by atoms with Crippen LogP contribution in [0.4, 0.5) is 0 Å². The van der Waals surface area contributed by atoms with Gasteiger partial charge in [-0.25, -0.2) is 9.97 Å². The minimum Gasteiger partial charge on any atom is -0.378 e. The summed E-state index contributed by atoms with van der Waals surface area (Å²) in [6, 6.07) is 0.131. The lowest BCUT2D eigenvalue weighted by Gasteiger charge is -2.24. The third-order valence-electron chi connectivity index (χ3n) is 3.50. The molecule has 112 valence electrons. The molecule has 1 atom stereocenters. The number of aryl methyl sites for hydroxylation is 2. The predicted molar refractivity (Wildman–Crippen MR) is 79.4 cm³/mol. The van der Waals surface area contributed by atoms with Crippen LogP contribution in [-0.2, 0) is 24.3 Å². The molecule has 0 radical (unpaired) electrons. The van der Waals surface area contributed by atoms with Gasteiger partial charge in [0.15, 0.2) is 0 Å². The Kier molecular flexibility index (Phi) is 4.03. The maximum absolute atomic E-state index is 12.2. The van der Waals surface area contributed by atoms with E-state index in [0.717, 1.165) is 35.9 Å². The van der Waals surface area contributed by atoms with Crippen molar-refractivity contribution in [2.24, 2.45) is 0 Å². The van der Waals surface area contributed by atoms with Crippen molar-refractivity contribution in [3.63, 3.8) is 0 Å². The lowest BCUT2D eigenvalue weighted by Crippen LogP contribution is -2.41. The molecule has 7 heteroatoms. The topological polar surface area (TPSA) is 69.0 Å². The van der Waals surface area contributed by atoms with Crippen LogP contribution in [0.2, 0.25) is 0 Å². The summed E-state index contributed by atoms with van der Waals surface area (Å²) in [6.07, 6.45) is 3.84. The van der Waals surface area contributed by atoms with Crippen LogP contribution in [0.15, 0.2) is 11.6 Å². The number of nitrogens with zero attached hydrogens (tertiary/aromatic N) is 3. The van der Waals surface area contributed by atoms with Crippen molar-refractivity contribution in [2.75, 3.05) is 7.11 Å². The molecule has 1 aliphatic rings. The first-order valence-corrected chi connectivity index (χ1v) is 7.80. The van der Waals surface area contributed by atoms with E-state index in [-0.39, 0.29) is 11.9 Å². The highest BCUT2D eigenvalue weighted by Crippen LogP contribution is 2.16. The first-order chi connectivity index (χ1) is 10.2. The molecule has 0 fully saturated rings. The predicted octanol–water partition coefficient (Wildman–Crippen LogP) is 1.54. The molecular weight excluding hydrogens is 288 g/mol. The van der Waals surface area contributed by atoms with E-state index >= 15 is 0 Å². The Labute approximate surface area is 127 Å². The third-order valence-corrected chi connectivity index (χ3v) is 4.32. The maximum Gasteiger partial charge on any atom is 0.271 e. The molecule has 1 amide bonds. The van der Waals surface area contributed by atoms with E-state index in [1.54, 1.807) is 12.5 Å². The van der Waals surface area contributed by atoms with Gasteiger partial charge in [0.25, 0.3) is 5.91 Å². The van der Waals surface area contributed by atoms with Crippen LogP contribution >= 0.6 is 11.3 Å². The second-order valence-corrected chi connectivity index (χ2v) is 6.16. The van der Waals surface area contributed by atoms with Crippen LogP contribution in [0.1, 0.15) is 33.4 Å². The third kappa shape index (κ3) is 3.14. The standard InChI is InChI=1S/C14H18N4O2S/c1-9-5-18-6-10(3-4-12(18)15-9)16-14(19)11-8-21-13(17-11)7-20-2/h5,8,10H,3-4,6-7H2,1-2H3,(H,16,19). The molecule has 0 spiro atoms. The van der Waals surface area contributed by atoms with Crippen molar-refractivity contribution in [3.8, 4) is 0 Å². The van der Waals surface area contributed by atoms with Crippen LogP contribution < -0.4 is 5.32 Å². The molecule has 6 nitrogen and oxygen atoms in total. The highest BCUT2D eigenvalue weighted by Gasteiger charge is 2.22. The highest BCUT2D eigenvalue weighted by atomic mass is 32.1. The number of thiazole rings is 1. The van der Waals surface area contributed by atoms with Crippen molar-refractivity contribution >= 4 is 17.2 Å². The second kappa shape index (κ2) is 5.95. The molecule has 0 aromatic carbocycles. The van der Waals surface area contributed by atoms with Gasteiger partial charge in [0.2, 0.25) is 0 Å². The second-order valence-electron chi connectivity index (χ2n) is 5.22. The Morgan fingerprint density at radius 3 is 3.24 bits per heavy atom. The number of hydrogen-bond acceptors (Lipinski definition) is 5. The van der Waals surface area contributed by atoms with Crippen LogP contribution in [0.25, 0.3) is 0 Å². The Morgan fingerprint density at radius 1 is 1.57 bits per heavy atom. The Morgan fingerprint density at radius 2 is 2.43 bits per heavy atom. The summed E-state index contributed by atoms with van der Waals surface area (Å²) in [4.78, 5) is 21.0. The highest BCUT2D eigenvalue weighted by molar-refractivity contribution is 7.09. The quantitative estimate of drug-likeness (QED) is 0.930. The van der Waals surface area contributed by atoms with Gasteiger partial charge in [-0.05, 0) is 13.3 Å². The number of amides is 1. The van der Waals surface area contributed by atoms with Gasteiger partial charge in [0.05, 0.1) is 12.3 Å². The van der Waals surface area contributed by atoms with Crippen molar-refractivity contribution in [2.45, 2.75) is 39.0 Å². The van der Waals surface area contributed by atoms with Crippen LogP contribution in [0, 0.1) is 6.92 Å². The summed E-state index contributed by atoms with van der Waals surface area (Å²) in [5, 5.41) is 5.65. The number of carbonyl (C=O) groups is 1. The Bertz CT molecular complexity index is 649. The largest absolute Gasteiger partial charge is 0.378 e.